The number of ether oxygens (including phenoxy) is 2. The molecule has 0 unspecified atom stereocenters. The lowest BCUT2D eigenvalue weighted by molar-refractivity contribution is 0.0713. The Morgan fingerprint density at radius 2 is 2.00 bits per heavy atom. The maximum Gasteiger partial charge on any atom is 0.257 e. The van der Waals surface area contributed by atoms with Crippen molar-refractivity contribution in [2.24, 2.45) is 0 Å². The van der Waals surface area contributed by atoms with Gasteiger partial charge >= 0.3 is 0 Å². The predicted molar refractivity (Wildman–Crippen MR) is 161 cm³/mol. The van der Waals surface area contributed by atoms with Gasteiger partial charge in [0, 0.05) is 75.9 Å². The van der Waals surface area contributed by atoms with Crippen LogP contribution in [0.5, 0.6) is 17.2 Å². The van der Waals surface area contributed by atoms with Crippen LogP contribution in [0, 0.1) is 5.82 Å². The number of carbonyl (C=O) groups is 1. The Labute approximate surface area is 252 Å². The Balaban J connectivity index is 1.29. The molecule has 0 aliphatic carbocycles. The molecule has 2 N–H and O–H groups in total. The number of piperidine rings is 1. The van der Waals surface area contributed by atoms with E-state index in [-0.39, 0.29) is 42.0 Å². The number of benzene rings is 1. The standard InChI is InChI=1S/C32H41FN6O4/c1-4-39(21(2)3)32(41)24-18-22(33)7-8-27(24)43-29-19-34-20-37-31(29)38-15-11-23(12-16-38)42-28-10-14-36-26-9-13-35-25(30(26)28)6-5-17-40/h7-8,10,14,18-21,23,25,35,40H,4-6,9,11-13,15-17H2,1-3H3/t25-/m1/s1. The molecule has 11 heteroatoms. The molecule has 2 aliphatic heterocycles. The monoisotopic (exact) mass is 592 g/mol. The SMILES string of the molecule is CCN(C(=O)c1cc(F)ccc1Oc1cncnc1N1CCC(Oc2ccnc3c2[C@@H](CCCO)NCC3)CC1)C(C)C. The van der Waals surface area contributed by atoms with Crippen molar-refractivity contribution in [1.29, 1.82) is 0 Å². The molecule has 1 aromatic carbocycles. The largest absolute Gasteiger partial charge is 0.490 e. The van der Waals surface area contributed by atoms with Gasteiger partial charge in [0.2, 0.25) is 0 Å². The second kappa shape index (κ2) is 14.1. The van der Waals surface area contributed by atoms with Crippen LogP contribution in [0.4, 0.5) is 10.2 Å². The first-order chi connectivity index (χ1) is 20.9. The summed E-state index contributed by atoms with van der Waals surface area (Å²) >= 11 is 0. The average molecular weight is 593 g/mol. The molecule has 43 heavy (non-hydrogen) atoms. The molecule has 5 rings (SSSR count). The summed E-state index contributed by atoms with van der Waals surface area (Å²) in [4.78, 5) is 30.4. The molecule has 2 aliphatic rings. The summed E-state index contributed by atoms with van der Waals surface area (Å²) in [6.45, 7) is 8.62. The zero-order chi connectivity index (χ0) is 30.3. The van der Waals surface area contributed by atoms with E-state index in [0.717, 1.165) is 55.7 Å². The van der Waals surface area contributed by atoms with Gasteiger partial charge in [-0.25, -0.2) is 14.4 Å². The Bertz CT molecular complexity index is 1400. The molecule has 0 radical (unpaired) electrons. The third-order valence-corrected chi connectivity index (χ3v) is 8.10. The lowest BCUT2D eigenvalue weighted by Gasteiger charge is -2.35. The maximum absolute atomic E-state index is 14.3. The zero-order valence-corrected chi connectivity index (χ0v) is 25.1. The van der Waals surface area contributed by atoms with Gasteiger partial charge < -0.3 is 29.7 Å². The number of halogens is 1. The highest BCUT2D eigenvalue weighted by atomic mass is 19.1. The molecule has 1 amide bonds. The van der Waals surface area contributed by atoms with Crippen molar-refractivity contribution in [1.82, 2.24) is 25.2 Å². The second-order valence-electron chi connectivity index (χ2n) is 11.2. The lowest BCUT2D eigenvalue weighted by atomic mass is 9.94. The van der Waals surface area contributed by atoms with Gasteiger partial charge in [0.25, 0.3) is 5.91 Å². The molecule has 10 nitrogen and oxygen atoms in total. The van der Waals surface area contributed by atoms with Crippen LogP contribution in [0.3, 0.4) is 0 Å². The van der Waals surface area contributed by atoms with Gasteiger partial charge in [-0.1, -0.05) is 0 Å². The van der Waals surface area contributed by atoms with Crippen molar-refractivity contribution >= 4 is 11.7 Å². The predicted octanol–water partition coefficient (Wildman–Crippen LogP) is 4.68. The summed E-state index contributed by atoms with van der Waals surface area (Å²) in [7, 11) is 0. The second-order valence-corrected chi connectivity index (χ2v) is 11.2. The fourth-order valence-corrected chi connectivity index (χ4v) is 5.94. The van der Waals surface area contributed by atoms with Crippen LogP contribution in [0.25, 0.3) is 0 Å². The first-order valence-electron chi connectivity index (χ1n) is 15.2. The van der Waals surface area contributed by atoms with E-state index in [4.69, 9.17) is 9.47 Å². The van der Waals surface area contributed by atoms with E-state index in [9.17, 15) is 14.3 Å². The number of fused-ring (bicyclic) bond motifs is 1. The quantitative estimate of drug-likeness (QED) is 0.328. The van der Waals surface area contributed by atoms with Crippen molar-refractivity contribution in [2.75, 3.05) is 37.7 Å². The minimum atomic E-state index is -0.506. The van der Waals surface area contributed by atoms with Gasteiger partial charge in [-0.05, 0) is 57.9 Å². The molecule has 230 valence electrons. The molecule has 1 fully saturated rings. The molecule has 1 saturated heterocycles. The van der Waals surface area contributed by atoms with Gasteiger partial charge in [-0.2, -0.15) is 0 Å². The highest BCUT2D eigenvalue weighted by Crippen LogP contribution is 2.37. The van der Waals surface area contributed by atoms with E-state index >= 15 is 0 Å². The van der Waals surface area contributed by atoms with E-state index < -0.39 is 5.82 Å². The van der Waals surface area contributed by atoms with Gasteiger partial charge in [-0.15, -0.1) is 0 Å². The third-order valence-electron chi connectivity index (χ3n) is 8.10. The van der Waals surface area contributed by atoms with Crippen LogP contribution in [-0.4, -0.2) is 75.8 Å². The van der Waals surface area contributed by atoms with Gasteiger partial charge in [0.15, 0.2) is 11.6 Å². The molecule has 0 saturated carbocycles. The number of aromatic nitrogens is 3. The highest BCUT2D eigenvalue weighted by Gasteiger charge is 2.29. The number of amides is 1. The van der Waals surface area contributed by atoms with Crippen molar-refractivity contribution < 1.29 is 23.8 Å². The molecular weight excluding hydrogens is 551 g/mol. The maximum atomic E-state index is 14.3. The molecule has 4 heterocycles. The highest BCUT2D eigenvalue weighted by molar-refractivity contribution is 5.97. The number of rotatable bonds is 11. The van der Waals surface area contributed by atoms with Gasteiger partial charge in [0.05, 0.1) is 17.5 Å². The van der Waals surface area contributed by atoms with Gasteiger partial charge in [-0.3, -0.25) is 9.78 Å². The summed E-state index contributed by atoms with van der Waals surface area (Å²) in [5.74, 6) is 1.33. The van der Waals surface area contributed by atoms with Crippen molar-refractivity contribution in [3.63, 3.8) is 0 Å². The summed E-state index contributed by atoms with van der Waals surface area (Å²) in [6, 6.07) is 6.00. The third kappa shape index (κ3) is 7.05. The number of aliphatic hydroxyl groups excluding tert-OH is 1. The molecule has 0 spiro atoms. The number of pyridine rings is 1. The van der Waals surface area contributed by atoms with E-state index in [1.54, 1.807) is 11.1 Å². The summed E-state index contributed by atoms with van der Waals surface area (Å²) in [5, 5.41) is 12.9. The average Bonchev–Trinajstić information content (AvgIpc) is 3.01. The molecule has 1 atom stereocenters. The number of anilines is 1. The number of hydrogen-bond donors (Lipinski definition) is 2. The first kappa shape index (κ1) is 30.6. The minimum Gasteiger partial charge on any atom is -0.490 e. The van der Waals surface area contributed by atoms with Crippen molar-refractivity contribution in [3.8, 4) is 17.2 Å². The Morgan fingerprint density at radius 1 is 1.19 bits per heavy atom. The van der Waals surface area contributed by atoms with E-state index in [0.29, 0.717) is 31.2 Å². The lowest BCUT2D eigenvalue weighted by Crippen LogP contribution is -2.39. The Hall–Kier alpha value is -3.83. The fourth-order valence-electron chi connectivity index (χ4n) is 5.94. The van der Waals surface area contributed by atoms with Crippen LogP contribution < -0.4 is 19.7 Å². The number of nitrogens with one attached hydrogen (secondary N) is 1. The van der Waals surface area contributed by atoms with Gasteiger partial charge in [0.1, 0.15) is 29.7 Å². The zero-order valence-electron chi connectivity index (χ0n) is 25.1. The number of hydrogen-bond acceptors (Lipinski definition) is 9. The summed E-state index contributed by atoms with van der Waals surface area (Å²) < 4.78 is 27.1. The van der Waals surface area contributed by atoms with E-state index in [1.807, 2.05) is 33.0 Å². The van der Waals surface area contributed by atoms with E-state index in [1.165, 1.54) is 24.5 Å². The molecular formula is C32H41FN6O4. The number of nitrogens with zero attached hydrogens (tertiary/aromatic N) is 5. The smallest absolute Gasteiger partial charge is 0.257 e. The van der Waals surface area contributed by atoms with E-state index in [2.05, 4.69) is 25.2 Å². The van der Waals surface area contributed by atoms with Crippen molar-refractivity contribution in [3.05, 3.63) is 65.6 Å². The van der Waals surface area contributed by atoms with Crippen LogP contribution in [0.15, 0.2) is 43.0 Å². The topological polar surface area (TPSA) is 113 Å². The molecule has 2 aromatic heterocycles. The normalized spacial score (nSPS) is 17.1. The summed E-state index contributed by atoms with van der Waals surface area (Å²) in [5.41, 5.74) is 2.33. The molecule has 0 bridgehead atoms. The van der Waals surface area contributed by atoms with Crippen LogP contribution in [0.1, 0.15) is 74.1 Å². The van der Waals surface area contributed by atoms with Crippen LogP contribution in [0.2, 0.25) is 0 Å². The Kier molecular flexibility index (Phi) is 10.0. The number of aliphatic hydroxyl groups is 1. The Morgan fingerprint density at radius 3 is 2.74 bits per heavy atom. The molecule has 3 aromatic rings. The summed E-state index contributed by atoms with van der Waals surface area (Å²) in [6.07, 6.45) is 8.83. The first-order valence-corrected chi connectivity index (χ1v) is 15.2. The van der Waals surface area contributed by atoms with Crippen molar-refractivity contribution in [2.45, 2.75) is 71.1 Å². The fraction of sp³-hybridized carbons (Fsp3) is 0.500. The van der Waals surface area contributed by atoms with Crippen LogP contribution in [-0.2, 0) is 6.42 Å². The van der Waals surface area contributed by atoms with Crippen LogP contribution >= 0.6 is 0 Å². The minimum absolute atomic E-state index is 0.0201. The number of carbonyl (C=O) groups excluding carboxylic acids is 1.